The molecular weight excluding hydrogens is 160 g/mol. The quantitative estimate of drug-likeness (QED) is 0.693. The van der Waals surface area contributed by atoms with Gasteiger partial charge in [0.2, 0.25) is 0 Å². The maximum absolute atomic E-state index is 6.27. The van der Waals surface area contributed by atoms with Gasteiger partial charge in [-0.1, -0.05) is 0 Å². The highest BCUT2D eigenvalue weighted by atomic mass is 15.1. The molecule has 1 fully saturated rings. The molecule has 0 spiro atoms. The van der Waals surface area contributed by atoms with Crippen molar-refractivity contribution >= 4 is 0 Å². The van der Waals surface area contributed by atoms with Gasteiger partial charge in [0.05, 0.1) is 5.54 Å². The zero-order valence-electron chi connectivity index (χ0n) is 8.14. The molecule has 1 aromatic rings. The van der Waals surface area contributed by atoms with E-state index in [9.17, 15) is 0 Å². The summed E-state index contributed by atoms with van der Waals surface area (Å²) in [6, 6.07) is 2.33. The highest BCUT2D eigenvalue weighted by molar-refractivity contribution is 5.37. The van der Waals surface area contributed by atoms with Gasteiger partial charge >= 0.3 is 0 Å². The summed E-state index contributed by atoms with van der Waals surface area (Å²) in [6.45, 7) is 3.39. The van der Waals surface area contributed by atoms with Crippen molar-refractivity contribution in [3.05, 3.63) is 23.0 Å². The summed E-state index contributed by atoms with van der Waals surface area (Å²) in [5, 5.41) is 0. The number of fused-ring (bicyclic) bond motifs is 1. The van der Waals surface area contributed by atoms with Crippen molar-refractivity contribution in [3.63, 3.8) is 0 Å². The Morgan fingerprint density at radius 2 is 2.23 bits per heavy atom. The van der Waals surface area contributed by atoms with E-state index < -0.39 is 0 Å². The Kier molecular flexibility index (Phi) is 1.28. The van der Waals surface area contributed by atoms with E-state index in [1.807, 2.05) is 0 Å². The van der Waals surface area contributed by atoms with Crippen LogP contribution in [0.1, 0.15) is 36.2 Å². The van der Waals surface area contributed by atoms with Crippen LogP contribution in [0, 0.1) is 6.92 Å². The third kappa shape index (κ3) is 0.923. The normalized spacial score (nSPS) is 23.2. The Bertz CT molecular complexity index is 358. The van der Waals surface area contributed by atoms with E-state index in [0.29, 0.717) is 0 Å². The summed E-state index contributed by atoms with van der Waals surface area (Å²) in [4.78, 5) is 0. The maximum Gasteiger partial charge on any atom is 0.0568 e. The molecule has 1 aliphatic carbocycles. The Hall–Kier alpha value is -0.760. The van der Waals surface area contributed by atoms with Crippen LogP contribution in [-0.4, -0.2) is 4.57 Å². The van der Waals surface area contributed by atoms with Crippen molar-refractivity contribution in [1.82, 2.24) is 4.57 Å². The molecule has 3 rings (SSSR count). The van der Waals surface area contributed by atoms with Crippen molar-refractivity contribution in [1.29, 1.82) is 0 Å². The lowest BCUT2D eigenvalue weighted by atomic mass is 10.1. The zero-order valence-corrected chi connectivity index (χ0v) is 8.14. The molecule has 1 aromatic heterocycles. The van der Waals surface area contributed by atoms with Gasteiger partial charge in [0.25, 0.3) is 0 Å². The van der Waals surface area contributed by atoms with Crippen LogP contribution < -0.4 is 5.73 Å². The highest BCUT2D eigenvalue weighted by Gasteiger charge is 2.44. The molecule has 13 heavy (non-hydrogen) atoms. The van der Waals surface area contributed by atoms with E-state index in [1.165, 1.54) is 49.2 Å². The maximum atomic E-state index is 6.27. The summed E-state index contributed by atoms with van der Waals surface area (Å²) in [5.41, 5.74) is 10.7. The predicted octanol–water partition coefficient (Wildman–Crippen LogP) is 1.69. The van der Waals surface area contributed by atoms with E-state index in [1.54, 1.807) is 0 Å². The first-order chi connectivity index (χ1) is 6.21. The third-order valence-corrected chi connectivity index (χ3v) is 3.45. The topological polar surface area (TPSA) is 30.9 Å². The minimum Gasteiger partial charge on any atom is -0.347 e. The van der Waals surface area contributed by atoms with Gasteiger partial charge in [0.15, 0.2) is 0 Å². The largest absolute Gasteiger partial charge is 0.347 e. The third-order valence-electron chi connectivity index (χ3n) is 3.45. The van der Waals surface area contributed by atoms with Crippen LogP contribution >= 0.6 is 0 Å². The van der Waals surface area contributed by atoms with Crippen LogP contribution in [-0.2, 0) is 18.5 Å². The van der Waals surface area contributed by atoms with Crippen LogP contribution in [0.3, 0.4) is 0 Å². The summed E-state index contributed by atoms with van der Waals surface area (Å²) >= 11 is 0. The molecule has 2 N–H and O–H groups in total. The molecule has 0 bridgehead atoms. The second-order valence-corrected chi connectivity index (χ2v) is 4.58. The van der Waals surface area contributed by atoms with Crippen LogP contribution in [0.25, 0.3) is 0 Å². The highest BCUT2D eigenvalue weighted by Crippen LogP contribution is 2.45. The fourth-order valence-corrected chi connectivity index (χ4v) is 2.67. The first-order valence-corrected chi connectivity index (χ1v) is 5.19. The lowest BCUT2D eigenvalue weighted by molar-refractivity contribution is 0.614. The van der Waals surface area contributed by atoms with Gasteiger partial charge in [-0.3, -0.25) is 0 Å². The molecule has 0 amide bonds. The molecule has 2 heteroatoms. The number of nitrogens with two attached hydrogens (primary N) is 1. The van der Waals surface area contributed by atoms with Crippen molar-refractivity contribution in [2.24, 2.45) is 5.73 Å². The Labute approximate surface area is 78.7 Å². The predicted molar refractivity (Wildman–Crippen MR) is 52.6 cm³/mol. The molecule has 0 aromatic carbocycles. The smallest absolute Gasteiger partial charge is 0.0568 e. The summed E-state index contributed by atoms with van der Waals surface area (Å²) in [6.07, 6.45) is 4.91. The molecule has 2 aliphatic rings. The average molecular weight is 176 g/mol. The summed E-state index contributed by atoms with van der Waals surface area (Å²) < 4.78 is 2.46. The van der Waals surface area contributed by atoms with Crippen LogP contribution in [0.4, 0.5) is 0 Å². The van der Waals surface area contributed by atoms with E-state index >= 15 is 0 Å². The minimum absolute atomic E-state index is 0.0483. The number of aryl methyl sites for hydroxylation is 2. The number of hydrogen-bond donors (Lipinski definition) is 1. The van der Waals surface area contributed by atoms with Gasteiger partial charge in [-0.05, 0) is 44.2 Å². The molecule has 0 unspecified atom stereocenters. The summed E-state index contributed by atoms with van der Waals surface area (Å²) in [7, 11) is 0. The average Bonchev–Trinajstić information content (AvgIpc) is 2.55. The van der Waals surface area contributed by atoms with E-state index in [0.717, 1.165) is 0 Å². The van der Waals surface area contributed by atoms with Gasteiger partial charge in [-0.15, -0.1) is 0 Å². The lowest BCUT2D eigenvalue weighted by Crippen LogP contribution is -2.23. The SMILES string of the molecule is Cc1cc2n(c1C1(N)CC1)CCC2. The van der Waals surface area contributed by atoms with E-state index in [4.69, 9.17) is 5.73 Å². The van der Waals surface area contributed by atoms with Crippen molar-refractivity contribution in [2.45, 2.75) is 44.7 Å². The summed E-state index contributed by atoms with van der Waals surface area (Å²) in [5.74, 6) is 0. The number of rotatable bonds is 1. The molecular formula is C11H16N2. The Morgan fingerprint density at radius 1 is 1.46 bits per heavy atom. The first kappa shape index (κ1) is 7.63. The van der Waals surface area contributed by atoms with Gasteiger partial charge in [0, 0.05) is 17.9 Å². The van der Waals surface area contributed by atoms with Crippen molar-refractivity contribution in [2.75, 3.05) is 0 Å². The fourth-order valence-electron chi connectivity index (χ4n) is 2.67. The standard InChI is InChI=1S/C11H16N2/c1-8-7-9-3-2-6-13(9)10(8)11(12)4-5-11/h7H,2-6,12H2,1H3. The van der Waals surface area contributed by atoms with Gasteiger partial charge in [-0.25, -0.2) is 0 Å². The van der Waals surface area contributed by atoms with Crippen LogP contribution in [0.2, 0.25) is 0 Å². The molecule has 0 radical (unpaired) electrons. The van der Waals surface area contributed by atoms with Gasteiger partial charge in [-0.2, -0.15) is 0 Å². The van der Waals surface area contributed by atoms with Crippen molar-refractivity contribution < 1.29 is 0 Å². The minimum atomic E-state index is 0.0483. The van der Waals surface area contributed by atoms with Gasteiger partial charge < -0.3 is 10.3 Å². The van der Waals surface area contributed by atoms with E-state index in [2.05, 4.69) is 17.6 Å². The molecule has 0 atom stereocenters. The number of hydrogen-bond acceptors (Lipinski definition) is 1. The fraction of sp³-hybridized carbons (Fsp3) is 0.636. The van der Waals surface area contributed by atoms with Crippen LogP contribution in [0.5, 0.6) is 0 Å². The monoisotopic (exact) mass is 176 g/mol. The molecule has 1 saturated carbocycles. The zero-order chi connectivity index (χ0) is 9.05. The molecule has 2 heterocycles. The van der Waals surface area contributed by atoms with E-state index in [-0.39, 0.29) is 5.54 Å². The first-order valence-electron chi connectivity index (χ1n) is 5.19. The second kappa shape index (κ2) is 2.18. The molecule has 2 nitrogen and oxygen atoms in total. The Morgan fingerprint density at radius 3 is 2.92 bits per heavy atom. The molecule has 1 aliphatic heterocycles. The van der Waals surface area contributed by atoms with Crippen molar-refractivity contribution in [3.8, 4) is 0 Å². The number of nitrogens with zero attached hydrogens (tertiary/aromatic N) is 1. The van der Waals surface area contributed by atoms with Gasteiger partial charge in [0.1, 0.15) is 0 Å². The lowest BCUT2D eigenvalue weighted by Gasteiger charge is -2.13. The van der Waals surface area contributed by atoms with Crippen LogP contribution in [0.15, 0.2) is 6.07 Å². The molecule has 0 saturated heterocycles. The molecule has 70 valence electrons. The number of aromatic nitrogens is 1. The Balaban J connectivity index is 2.17. The second-order valence-electron chi connectivity index (χ2n) is 4.58.